The van der Waals surface area contributed by atoms with Gasteiger partial charge in [-0.3, -0.25) is 0 Å². The third kappa shape index (κ3) is 2.50. The zero-order valence-electron chi connectivity index (χ0n) is 12.3. The van der Waals surface area contributed by atoms with Crippen molar-refractivity contribution in [1.29, 1.82) is 0 Å². The molecule has 3 aromatic rings. The molecule has 0 radical (unpaired) electrons. The molecule has 0 aliphatic carbocycles. The fraction of sp³-hybridized carbons (Fsp3) is 0.111. The summed E-state index contributed by atoms with van der Waals surface area (Å²) in [5.41, 5.74) is 10.4. The minimum absolute atomic E-state index is 0.140. The van der Waals surface area contributed by atoms with E-state index in [9.17, 15) is 4.39 Å². The van der Waals surface area contributed by atoms with E-state index in [0.29, 0.717) is 0 Å². The number of nitrogens with two attached hydrogens (primary N) is 1. The lowest BCUT2D eigenvalue weighted by molar-refractivity contribution is 0.628. The molecule has 0 spiro atoms. The first-order chi connectivity index (χ1) is 11.2. The van der Waals surface area contributed by atoms with Gasteiger partial charge in [0.2, 0.25) is 0 Å². The predicted octanol–water partition coefficient (Wildman–Crippen LogP) is 3.57. The van der Waals surface area contributed by atoms with Crippen LogP contribution in [0.2, 0.25) is 0 Å². The Balaban J connectivity index is 1.70. The van der Waals surface area contributed by atoms with Crippen molar-refractivity contribution in [2.75, 3.05) is 11.1 Å². The maximum atomic E-state index is 13.1. The highest BCUT2D eigenvalue weighted by Gasteiger charge is 2.26. The van der Waals surface area contributed by atoms with Gasteiger partial charge in [-0.25, -0.2) is 14.4 Å². The van der Waals surface area contributed by atoms with Crippen molar-refractivity contribution in [2.45, 2.75) is 12.5 Å². The van der Waals surface area contributed by atoms with Crippen molar-refractivity contribution >= 4 is 11.5 Å². The van der Waals surface area contributed by atoms with E-state index in [4.69, 9.17) is 5.73 Å². The smallest absolute Gasteiger partial charge is 0.133 e. The number of hydrogen-bond donors (Lipinski definition) is 2. The molecule has 1 atom stereocenters. The van der Waals surface area contributed by atoms with Crippen LogP contribution in [-0.4, -0.2) is 9.97 Å². The molecule has 0 saturated heterocycles. The average molecular weight is 306 g/mol. The molecule has 2 aromatic carbocycles. The van der Waals surface area contributed by atoms with Gasteiger partial charge in [-0.15, -0.1) is 0 Å². The SMILES string of the molecule is Nc1ccc(C2Cc3c(ncnc3-c3ccc(F)cc3)N2)cc1. The fourth-order valence-electron chi connectivity index (χ4n) is 2.94. The summed E-state index contributed by atoms with van der Waals surface area (Å²) in [7, 11) is 0. The first kappa shape index (κ1) is 13.7. The van der Waals surface area contributed by atoms with E-state index < -0.39 is 0 Å². The minimum atomic E-state index is -0.252. The number of rotatable bonds is 2. The Bertz CT molecular complexity index is 844. The van der Waals surface area contributed by atoms with Gasteiger partial charge in [0, 0.05) is 23.2 Å². The number of anilines is 2. The molecule has 3 N–H and O–H groups in total. The Hall–Kier alpha value is -2.95. The van der Waals surface area contributed by atoms with Gasteiger partial charge in [0.1, 0.15) is 18.0 Å². The number of benzene rings is 2. The summed E-state index contributed by atoms with van der Waals surface area (Å²) >= 11 is 0. The Morgan fingerprint density at radius 2 is 1.74 bits per heavy atom. The van der Waals surface area contributed by atoms with Crippen LogP contribution in [0.5, 0.6) is 0 Å². The summed E-state index contributed by atoms with van der Waals surface area (Å²) in [6.07, 6.45) is 2.32. The molecule has 0 saturated carbocycles. The first-order valence-corrected chi connectivity index (χ1v) is 7.42. The lowest BCUT2D eigenvalue weighted by atomic mass is 9.99. The van der Waals surface area contributed by atoms with E-state index in [1.165, 1.54) is 18.5 Å². The molecule has 4 rings (SSSR count). The van der Waals surface area contributed by atoms with E-state index in [0.717, 1.165) is 40.3 Å². The average Bonchev–Trinajstić information content (AvgIpc) is 3.00. The minimum Gasteiger partial charge on any atom is -0.399 e. The van der Waals surface area contributed by atoms with Crippen molar-refractivity contribution < 1.29 is 4.39 Å². The predicted molar refractivity (Wildman–Crippen MR) is 88.3 cm³/mol. The van der Waals surface area contributed by atoms with Crippen molar-refractivity contribution in [3.8, 4) is 11.3 Å². The molecule has 23 heavy (non-hydrogen) atoms. The van der Waals surface area contributed by atoms with Crippen molar-refractivity contribution in [3.63, 3.8) is 0 Å². The van der Waals surface area contributed by atoms with Gasteiger partial charge in [0.15, 0.2) is 0 Å². The summed E-state index contributed by atoms with van der Waals surface area (Å²) in [6, 6.07) is 14.4. The third-order valence-electron chi connectivity index (χ3n) is 4.12. The van der Waals surface area contributed by atoms with Crippen molar-refractivity contribution in [1.82, 2.24) is 9.97 Å². The lowest BCUT2D eigenvalue weighted by Crippen LogP contribution is -2.05. The normalized spacial score (nSPS) is 16.0. The summed E-state index contributed by atoms with van der Waals surface area (Å²) in [5.74, 6) is 0.582. The highest BCUT2D eigenvalue weighted by Crippen LogP contribution is 2.37. The van der Waals surface area contributed by atoms with E-state index >= 15 is 0 Å². The molecule has 4 nitrogen and oxygen atoms in total. The zero-order valence-corrected chi connectivity index (χ0v) is 12.3. The van der Waals surface area contributed by atoms with Crippen LogP contribution < -0.4 is 11.1 Å². The molecule has 1 unspecified atom stereocenters. The van der Waals surface area contributed by atoms with Gasteiger partial charge in [0.25, 0.3) is 0 Å². The van der Waals surface area contributed by atoms with Gasteiger partial charge >= 0.3 is 0 Å². The lowest BCUT2D eigenvalue weighted by Gasteiger charge is -2.11. The number of halogens is 1. The molecule has 0 amide bonds. The van der Waals surface area contributed by atoms with Crippen LogP contribution in [0, 0.1) is 5.82 Å². The number of hydrogen-bond acceptors (Lipinski definition) is 4. The molecular formula is C18H15FN4. The fourth-order valence-corrected chi connectivity index (χ4v) is 2.94. The van der Waals surface area contributed by atoms with E-state index in [1.54, 1.807) is 12.1 Å². The number of nitrogens with one attached hydrogen (secondary N) is 1. The summed E-state index contributed by atoms with van der Waals surface area (Å²) in [5, 5.41) is 3.43. The number of nitrogen functional groups attached to an aromatic ring is 1. The number of aromatic nitrogens is 2. The second-order valence-electron chi connectivity index (χ2n) is 5.62. The molecule has 1 aliphatic rings. The summed E-state index contributed by atoms with van der Waals surface area (Å²) in [4.78, 5) is 8.73. The second-order valence-corrected chi connectivity index (χ2v) is 5.62. The zero-order chi connectivity index (χ0) is 15.8. The third-order valence-corrected chi connectivity index (χ3v) is 4.12. The van der Waals surface area contributed by atoms with Crippen LogP contribution in [0.1, 0.15) is 17.2 Å². The maximum Gasteiger partial charge on any atom is 0.133 e. The van der Waals surface area contributed by atoms with Crippen molar-refractivity contribution in [2.24, 2.45) is 0 Å². The largest absolute Gasteiger partial charge is 0.399 e. The van der Waals surface area contributed by atoms with Crippen LogP contribution in [0.4, 0.5) is 15.9 Å². The number of nitrogens with zero attached hydrogens (tertiary/aromatic N) is 2. The number of fused-ring (bicyclic) bond motifs is 1. The van der Waals surface area contributed by atoms with E-state index in [-0.39, 0.29) is 11.9 Å². The summed E-state index contributed by atoms with van der Waals surface area (Å²) in [6.45, 7) is 0. The van der Waals surface area contributed by atoms with Gasteiger partial charge in [-0.05, 0) is 42.0 Å². The topological polar surface area (TPSA) is 63.8 Å². The molecule has 5 heteroatoms. The highest BCUT2D eigenvalue weighted by molar-refractivity contribution is 5.71. The molecule has 0 fully saturated rings. The Labute approximate surface area is 133 Å². The molecular weight excluding hydrogens is 291 g/mol. The Morgan fingerprint density at radius 1 is 1.00 bits per heavy atom. The van der Waals surface area contributed by atoms with Crippen molar-refractivity contribution in [3.05, 3.63) is 71.8 Å². The highest BCUT2D eigenvalue weighted by atomic mass is 19.1. The van der Waals surface area contributed by atoms with Crippen LogP contribution in [-0.2, 0) is 6.42 Å². The van der Waals surface area contributed by atoms with E-state index in [1.807, 2.05) is 24.3 Å². The van der Waals surface area contributed by atoms with Gasteiger partial charge in [-0.1, -0.05) is 12.1 Å². The van der Waals surface area contributed by atoms with Crippen LogP contribution >= 0.6 is 0 Å². The van der Waals surface area contributed by atoms with Gasteiger partial charge in [0.05, 0.1) is 11.7 Å². The quantitative estimate of drug-likeness (QED) is 0.710. The van der Waals surface area contributed by atoms with Crippen LogP contribution in [0.15, 0.2) is 54.9 Å². The Kier molecular flexibility index (Phi) is 3.19. The molecule has 0 bridgehead atoms. The maximum absolute atomic E-state index is 13.1. The summed E-state index contributed by atoms with van der Waals surface area (Å²) < 4.78 is 13.1. The van der Waals surface area contributed by atoms with Crippen LogP contribution in [0.25, 0.3) is 11.3 Å². The molecule has 2 heterocycles. The van der Waals surface area contributed by atoms with Gasteiger partial charge in [-0.2, -0.15) is 0 Å². The van der Waals surface area contributed by atoms with E-state index in [2.05, 4.69) is 15.3 Å². The molecule has 114 valence electrons. The van der Waals surface area contributed by atoms with Gasteiger partial charge < -0.3 is 11.1 Å². The molecule has 1 aromatic heterocycles. The second kappa shape index (κ2) is 5.35. The first-order valence-electron chi connectivity index (χ1n) is 7.42. The van der Waals surface area contributed by atoms with Crippen LogP contribution in [0.3, 0.4) is 0 Å². The standard InChI is InChI=1S/C18H15FN4/c19-13-5-1-12(2-6-13)17-15-9-16(23-18(15)22-10-21-17)11-3-7-14(20)8-4-11/h1-8,10,16H,9,20H2,(H,21,22,23). The Morgan fingerprint density at radius 3 is 2.48 bits per heavy atom. The molecule has 1 aliphatic heterocycles. The monoisotopic (exact) mass is 306 g/mol.